The highest BCUT2D eigenvalue weighted by atomic mass is 16.2. The Morgan fingerprint density at radius 2 is 2.19 bits per heavy atom. The Bertz CT molecular complexity index is 682. The molecule has 1 aromatic heterocycles. The molecule has 0 unspecified atom stereocenters. The summed E-state index contributed by atoms with van der Waals surface area (Å²) in [5.74, 6) is 0.164. The lowest BCUT2D eigenvalue weighted by molar-refractivity contribution is 0.0779. The van der Waals surface area contributed by atoms with Gasteiger partial charge in [-0.3, -0.25) is 9.89 Å². The fraction of sp³-hybridized carbons (Fsp3) is 0.312. The van der Waals surface area contributed by atoms with E-state index in [2.05, 4.69) is 16.3 Å². The molecule has 2 aromatic rings. The average Bonchev–Trinajstić information content (AvgIpc) is 2.96. The molecule has 0 saturated carbocycles. The second-order valence-corrected chi connectivity index (χ2v) is 5.34. The van der Waals surface area contributed by atoms with E-state index in [-0.39, 0.29) is 5.91 Å². The number of amides is 1. The van der Waals surface area contributed by atoms with Gasteiger partial charge in [0.1, 0.15) is 5.69 Å². The van der Waals surface area contributed by atoms with Gasteiger partial charge in [0.2, 0.25) is 0 Å². The van der Waals surface area contributed by atoms with Crippen molar-refractivity contribution in [1.82, 2.24) is 15.1 Å². The normalized spacial score (nSPS) is 10.4. The number of hydrogen-bond acceptors (Lipinski definition) is 3. The molecule has 0 aliphatic rings. The SMILES string of the molecule is CC(C)c1cc(C(=O)N(C)Cc2cccc(C#N)c2)n[nH]1. The number of nitrogens with zero attached hydrogens (tertiary/aromatic N) is 3. The molecule has 2 rings (SSSR count). The summed E-state index contributed by atoms with van der Waals surface area (Å²) in [5.41, 5.74) is 2.87. The molecule has 1 N–H and O–H groups in total. The number of aromatic amines is 1. The molecular formula is C16H18N4O. The summed E-state index contributed by atoms with van der Waals surface area (Å²) in [5, 5.41) is 15.8. The number of H-pyrrole nitrogens is 1. The minimum Gasteiger partial charge on any atom is -0.336 e. The zero-order valence-electron chi connectivity index (χ0n) is 12.4. The molecule has 1 aromatic carbocycles. The maximum absolute atomic E-state index is 12.3. The maximum Gasteiger partial charge on any atom is 0.274 e. The Hall–Kier alpha value is -2.61. The summed E-state index contributed by atoms with van der Waals surface area (Å²) >= 11 is 0. The van der Waals surface area contributed by atoms with Crippen LogP contribution >= 0.6 is 0 Å². The van der Waals surface area contributed by atoms with Crippen LogP contribution in [0.1, 0.15) is 47.1 Å². The summed E-state index contributed by atoms with van der Waals surface area (Å²) in [7, 11) is 1.73. The number of rotatable bonds is 4. The van der Waals surface area contributed by atoms with Gasteiger partial charge in [-0.15, -0.1) is 0 Å². The van der Waals surface area contributed by atoms with Crippen LogP contribution in [0, 0.1) is 11.3 Å². The molecule has 5 nitrogen and oxygen atoms in total. The Balaban J connectivity index is 2.10. The summed E-state index contributed by atoms with van der Waals surface area (Å²) in [6, 6.07) is 11.1. The van der Waals surface area contributed by atoms with Crippen LogP contribution in [0.25, 0.3) is 0 Å². The van der Waals surface area contributed by atoms with Crippen molar-refractivity contribution in [3.63, 3.8) is 0 Å². The lowest BCUT2D eigenvalue weighted by atomic mass is 10.1. The van der Waals surface area contributed by atoms with Gasteiger partial charge >= 0.3 is 0 Å². The Morgan fingerprint density at radius 3 is 2.81 bits per heavy atom. The molecule has 0 saturated heterocycles. The zero-order chi connectivity index (χ0) is 15.4. The van der Waals surface area contributed by atoms with Crippen LogP contribution in [0.4, 0.5) is 0 Å². The van der Waals surface area contributed by atoms with Gasteiger partial charge < -0.3 is 4.90 Å². The zero-order valence-corrected chi connectivity index (χ0v) is 12.4. The van der Waals surface area contributed by atoms with Gasteiger partial charge in [0.15, 0.2) is 0 Å². The minimum absolute atomic E-state index is 0.138. The van der Waals surface area contributed by atoms with Gasteiger partial charge in [-0.2, -0.15) is 10.4 Å². The van der Waals surface area contributed by atoms with E-state index in [4.69, 9.17) is 5.26 Å². The molecule has 0 aliphatic carbocycles. The number of benzene rings is 1. The monoisotopic (exact) mass is 282 g/mol. The van der Waals surface area contributed by atoms with E-state index in [0.29, 0.717) is 23.7 Å². The van der Waals surface area contributed by atoms with Gasteiger partial charge in [0.05, 0.1) is 11.6 Å². The summed E-state index contributed by atoms with van der Waals surface area (Å²) in [6.45, 7) is 4.52. The largest absolute Gasteiger partial charge is 0.336 e. The first kappa shape index (κ1) is 14.8. The molecule has 0 spiro atoms. The van der Waals surface area contributed by atoms with Crippen LogP contribution < -0.4 is 0 Å². The van der Waals surface area contributed by atoms with Crippen LogP contribution in [0.15, 0.2) is 30.3 Å². The third kappa shape index (κ3) is 3.48. The lowest BCUT2D eigenvalue weighted by Gasteiger charge is -2.16. The molecule has 0 fully saturated rings. The first-order valence-corrected chi connectivity index (χ1v) is 6.81. The smallest absolute Gasteiger partial charge is 0.274 e. The van der Waals surface area contributed by atoms with E-state index in [1.54, 1.807) is 30.1 Å². The van der Waals surface area contributed by atoms with Crippen molar-refractivity contribution in [1.29, 1.82) is 5.26 Å². The van der Waals surface area contributed by atoms with Gasteiger partial charge in [-0.1, -0.05) is 26.0 Å². The number of nitrogens with one attached hydrogen (secondary N) is 1. The summed E-state index contributed by atoms with van der Waals surface area (Å²) in [6.07, 6.45) is 0. The van der Waals surface area contributed by atoms with Crippen LogP contribution in [0.2, 0.25) is 0 Å². The van der Waals surface area contributed by atoms with E-state index >= 15 is 0 Å². The average molecular weight is 282 g/mol. The molecule has 0 radical (unpaired) electrons. The fourth-order valence-corrected chi connectivity index (χ4v) is 2.02. The van der Waals surface area contributed by atoms with E-state index in [1.165, 1.54) is 0 Å². The van der Waals surface area contributed by atoms with Crippen molar-refractivity contribution in [3.05, 3.63) is 52.8 Å². The highest BCUT2D eigenvalue weighted by molar-refractivity contribution is 5.92. The molecule has 108 valence electrons. The topological polar surface area (TPSA) is 72.8 Å². The third-order valence-corrected chi connectivity index (χ3v) is 3.26. The standard InChI is InChI=1S/C16H18N4O/c1-11(2)14-8-15(19-18-14)16(21)20(3)10-13-6-4-5-12(7-13)9-17/h4-8,11H,10H2,1-3H3,(H,18,19). The fourth-order valence-electron chi connectivity index (χ4n) is 2.02. The van der Waals surface area contributed by atoms with Gasteiger partial charge in [-0.25, -0.2) is 0 Å². The highest BCUT2D eigenvalue weighted by Crippen LogP contribution is 2.14. The molecule has 0 aliphatic heterocycles. The van der Waals surface area contributed by atoms with Crippen molar-refractivity contribution in [2.45, 2.75) is 26.3 Å². The minimum atomic E-state index is -0.138. The Kier molecular flexibility index (Phi) is 4.39. The Morgan fingerprint density at radius 1 is 1.43 bits per heavy atom. The molecule has 1 amide bonds. The number of nitriles is 1. The number of aromatic nitrogens is 2. The molecule has 5 heteroatoms. The predicted molar refractivity (Wildman–Crippen MR) is 79.6 cm³/mol. The Labute approximate surface area is 124 Å². The summed E-state index contributed by atoms with van der Waals surface area (Å²) in [4.78, 5) is 13.9. The molecular weight excluding hydrogens is 264 g/mol. The number of hydrogen-bond donors (Lipinski definition) is 1. The molecule has 1 heterocycles. The maximum atomic E-state index is 12.3. The van der Waals surface area contributed by atoms with Crippen molar-refractivity contribution >= 4 is 5.91 Å². The first-order valence-electron chi connectivity index (χ1n) is 6.81. The third-order valence-electron chi connectivity index (χ3n) is 3.26. The van der Waals surface area contributed by atoms with Crippen LogP contribution in [0.5, 0.6) is 0 Å². The first-order chi connectivity index (χ1) is 10.0. The van der Waals surface area contributed by atoms with Gasteiger partial charge in [0, 0.05) is 19.3 Å². The quantitative estimate of drug-likeness (QED) is 0.937. The summed E-state index contributed by atoms with van der Waals surface area (Å²) < 4.78 is 0. The second-order valence-electron chi connectivity index (χ2n) is 5.34. The molecule has 0 atom stereocenters. The van der Waals surface area contributed by atoms with Crippen LogP contribution in [-0.4, -0.2) is 28.1 Å². The molecule has 21 heavy (non-hydrogen) atoms. The van der Waals surface area contributed by atoms with E-state index in [1.807, 2.05) is 26.0 Å². The van der Waals surface area contributed by atoms with Crippen molar-refractivity contribution in [2.24, 2.45) is 0 Å². The second kappa shape index (κ2) is 6.23. The van der Waals surface area contributed by atoms with Crippen LogP contribution in [-0.2, 0) is 6.54 Å². The van der Waals surface area contributed by atoms with Crippen molar-refractivity contribution in [3.8, 4) is 6.07 Å². The van der Waals surface area contributed by atoms with E-state index in [9.17, 15) is 4.79 Å². The number of carbonyl (C=O) groups is 1. The van der Waals surface area contributed by atoms with Gasteiger partial charge in [-0.05, 0) is 29.7 Å². The molecule has 0 bridgehead atoms. The predicted octanol–water partition coefficient (Wildman–Crippen LogP) is 2.68. The number of carbonyl (C=O) groups excluding carboxylic acids is 1. The van der Waals surface area contributed by atoms with E-state index in [0.717, 1.165) is 11.3 Å². The van der Waals surface area contributed by atoms with Crippen molar-refractivity contribution < 1.29 is 4.79 Å². The van der Waals surface area contributed by atoms with Gasteiger partial charge in [0.25, 0.3) is 5.91 Å². The van der Waals surface area contributed by atoms with Crippen LogP contribution in [0.3, 0.4) is 0 Å². The lowest BCUT2D eigenvalue weighted by Crippen LogP contribution is -2.26. The van der Waals surface area contributed by atoms with E-state index < -0.39 is 0 Å². The van der Waals surface area contributed by atoms with Crippen molar-refractivity contribution in [2.75, 3.05) is 7.05 Å². The highest BCUT2D eigenvalue weighted by Gasteiger charge is 2.16.